The molecule has 0 saturated heterocycles. The van der Waals surface area contributed by atoms with E-state index >= 15 is 0 Å². The molecule has 6 aromatic carbocycles. The van der Waals surface area contributed by atoms with Crippen molar-refractivity contribution in [2.75, 3.05) is 0 Å². The van der Waals surface area contributed by atoms with Gasteiger partial charge in [0.1, 0.15) is 0 Å². The largest absolute Gasteiger partial charge is 0.0619 e. The highest BCUT2D eigenvalue weighted by atomic mass is 14.3. The fourth-order valence-electron chi connectivity index (χ4n) is 7.37. The van der Waals surface area contributed by atoms with Crippen molar-refractivity contribution in [2.45, 2.75) is 25.7 Å². The van der Waals surface area contributed by atoms with Crippen molar-refractivity contribution in [3.8, 4) is 33.4 Å². The van der Waals surface area contributed by atoms with Crippen molar-refractivity contribution in [1.29, 1.82) is 0 Å². The van der Waals surface area contributed by atoms with Gasteiger partial charge in [0.15, 0.2) is 0 Å². The molecule has 0 atom stereocenters. The van der Waals surface area contributed by atoms with E-state index in [0.717, 1.165) is 0 Å². The Labute approximate surface area is 236 Å². The van der Waals surface area contributed by atoms with Crippen LogP contribution in [0.3, 0.4) is 0 Å². The minimum absolute atomic E-state index is 0.283. The van der Waals surface area contributed by atoms with Gasteiger partial charge in [-0.2, -0.15) is 0 Å². The first-order valence-corrected chi connectivity index (χ1v) is 14.3. The van der Waals surface area contributed by atoms with E-state index in [2.05, 4.69) is 147 Å². The highest BCUT2D eigenvalue weighted by Gasteiger charge is 2.31. The second-order valence-electron chi connectivity index (χ2n) is 11.4. The average Bonchev–Trinajstić information content (AvgIpc) is 3.51. The van der Waals surface area contributed by atoms with Crippen molar-refractivity contribution in [3.05, 3.63) is 178 Å². The van der Waals surface area contributed by atoms with Crippen molar-refractivity contribution in [1.82, 2.24) is 0 Å². The van der Waals surface area contributed by atoms with E-state index in [4.69, 9.17) is 0 Å². The normalized spacial score (nSPS) is 13.6. The molecule has 0 aliphatic heterocycles. The minimum atomic E-state index is 0.283. The molecule has 0 bridgehead atoms. The molecule has 8 rings (SSSR count). The summed E-state index contributed by atoms with van der Waals surface area (Å²) in [4.78, 5) is 0. The van der Waals surface area contributed by atoms with Gasteiger partial charge < -0.3 is 0 Å². The van der Waals surface area contributed by atoms with Crippen LogP contribution in [-0.2, 0) is 0 Å². The number of benzene rings is 6. The van der Waals surface area contributed by atoms with Gasteiger partial charge in [-0.15, -0.1) is 0 Å². The summed E-state index contributed by atoms with van der Waals surface area (Å²) in [5, 5.41) is 0. The van der Waals surface area contributed by atoms with Crippen molar-refractivity contribution in [3.63, 3.8) is 0 Å². The Morgan fingerprint density at radius 2 is 0.625 bits per heavy atom. The maximum Gasteiger partial charge on any atom is 0.0352 e. The zero-order valence-electron chi connectivity index (χ0n) is 22.9. The van der Waals surface area contributed by atoms with Gasteiger partial charge in [-0.1, -0.05) is 133 Å². The van der Waals surface area contributed by atoms with Gasteiger partial charge in [-0.25, -0.2) is 0 Å². The summed E-state index contributed by atoms with van der Waals surface area (Å²) >= 11 is 0. The third-order valence-corrected chi connectivity index (χ3v) is 9.13. The summed E-state index contributed by atoms with van der Waals surface area (Å²) in [5.74, 6) is 0.567. The van der Waals surface area contributed by atoms with E-state index in [1.54, 1.807) is 0 Å². The molecule has 0 saturated carbocycles. The van der Waals surface area contributed by atoms with Crippen LogP contribution in [0.15, 0.2) is 133 Å². The van der Waals surface area contributed by atoms with E-state index in [1.807, 2.05) is 0 Å². The van der Waals surface area contributed by atoms with Crippen LogP contribution >= 0.6 is 0 Å². The Bertz CT molecular complexity index is 1710. The lowest BCUT2D eigenvalue weighted by atomic mass is 9.84. The van der Waals surface area contributed by atoms with E-state index in [0.29, 0.717) is 0 Å². The Morgan fingerprint density at radius 3 is 0.925 bits per heavy atom. The van der Waals surface area contributed by atoms with Crippen LogP contribution in [0.5, 0.6) is 0 Å². The summed E-state index contributed by atoms with van der Waals surface area (Å²) in [6.45, 7) is 4.53. The third-order valence-electron chi connectivity index (χ3n) is 9.13. The number of aryl methyl sites for hydroxylation is 2. The van der Waals surface area contributed by atoms with E-state index in [-0.39, 0.29) is 11.8 Å². The average molecular weight is 511 g/mol. The molecule has 6 aromatic rings. The SMILES string of the molecule is Cc1cc(C2c3ccccc3-c3ccccc32)ccc1-c1ccc(C2c3ccccc3-c3ccccc32)cc1C. The van der Waals surface area contributed by atoms with Gasteiger partial charge in [0, 0.05) is 11.8 Å². The van der Waals surface area contributed by atoms with Gasteiger partial charge in [-0.05, 0) is 91.7 Å². The van der Waals surface area contributed by atoms with Crippen LogP contribution in [0, 0.1) is 13.8 Å². The molecule has 0 unspecified atom stereocenters. The molecule has 0 N–H and O–H groups in total. The zero-order valence-corrected chi connectivity index (χ0v) is 22.9. The standard InChI is InChI=1S/C40H30/c1-25-23-27(39-35-15-7-3-11-31(35)32-12-4-8-16-36(32)39)19-21-29(25)30-22-20-28(24-26(30)2)40-37-17-9-5-13-33(37)34-14-6-10-18-38(34)40/h3-24,39-40H,1-2H3. The molecule has 40 heavy (non-hydrogen) atoms. The molecule has 0 amide bonds. The first-order chi connectivity index (χ1) is 19.7. The Morgan fingerprint density at radius 1 is 0.325 bits per heavy atom. The van der Waals surface area contributed by atoms with Gasteiger partial charge in [-0.3, -0.25) is 0 Å². The molecule has 0 fully saturated rings. The minimum Gasteiger partial charge on any atom is -0.0619 e. The van der Waals surface area contributed by atoms with Crippen molar-refractivity contribution < 1.29 is 0 Å². The summed E-state index contributed by atoms with van der Waals surface area (Å²) < 4.78 is 0. The molecule has 0 heterocycles. The molecule has 0 aromatic heterocycles. The predicted octanol–water partition coefficient (Wildman–Crippen LogP) is 10.3. The zero-order chi connectivity index (χ0) is 26.8. The molecular formula is C40H30. The van der Waals surface area contributed by atoms with Gasteiger partial charge in [0.05, 0.1) is 0 Å². The quantitative estimate of drug-likeness (QED) is 0.222. The smallest absolute Gasteiger partial charge is 0.0352 e. The maximum absolute atomic E-state index is 2.41. The highest BCUT2D eigenvalue weighted by molar-refractivity contribution is 5.83. The van der Waals surface area contributed by atoms with Gasteiger partial charge in [0.2, 0.25) is 0 Å². The Kier molecular flexibility index (Phi) is 5.19. The van der Waals surface area contributed by atoms with Crippen LogP contribution in [0.1, 0.15) is 56.3 Å². The van der Waals surface area contributed by atoms with Crippen molar-refractivity contribution >= 4 is 0 Å². The molecule has 0 heteroatoms. The topological polar surface area (TPSA) is 0 Å². The molecule has 0 radical (unpaired) electrons. The van der Waals surface area contributed by atoms with Gasteiger partial charge >= 0.3 is 0 Å². The molecule has 190 valence electrons. The summed E-state index contributed by atoms with van der Waals surface area (Å²) in [7, 11) is 0. The highest BCUT2D eigenvalue weighted by Crippen LogP contribution is 2.50. The lowest BCUT2D eigenvalue weighted by molar-refractivity contribution is 1.01. The monoisotopic (exact) mass is 510 g/mol. The lowest BCUT2D eigenvalue weighted by Gasteiger charge is -2.19. The number of hydrogen-bond donors (Lipinski definition) is 0. The third kappa shape index (κ3) is 3.39. The molecule has 0 spiro atoms. The molecule has 0 nitrogen and oxygen atoms in total. The second kappa shape index (κ2) is 8.93. The van der Waals surface area contributed by atoms with Crippen molar-refractivity contribution in [2.24, 2.45) is 0 Å². The first kappa shape index (κ1) is 23.2. The van der Waals surface area contributed by atoms with Crippen LogP contribution in [0.4, 0.5) is 0 Å². The van der Waals surface area contributed by atoms with Crippen LogP contribution in [0.25, 0.3) is 33.4 Å². The van der Waals surface area contributed by atoms with Crippen LogP contribution < -0.4 is 0 Å². The number of fused-ring (bicyclic) bond motifs is 6. The maximum atomic E-state index is 2.41. The molecule has 2 aliphatic rings. The van der Waals surface area contributed by atoms with Crippen LogP contribution in [-0.4, -0.2) is 0 Å². The van der Waals surface area contributed by atoms with Gasteiger partial charge in [0.25, 0.3) is 0 Å². The summed E-state index contributed by atoms with van der Waals surface area (Å²) in [6, 6.07) is 49.8. The summed E-state index contributed by atoms with van der Waals surface area (Å²) in [5.41, 5.74) is 19.1. The molecular weight excluding hydrogens is 480 g/mol. The van der Waals surface area contributed by atoms with E-state index < -0.39 is 0 Å². The second-order valence-corrected chi connectivity index (χ2v) is 11.4. The lowest BCUT2D eigenvalue weighted by Crippen LogP contribution is -2.02. The Balaban J connectivity index is 1.18. The number of rotatable bonds is 3. The predicted molar refractivity (Wildman–Crippen MR) is 167 cm³/mol. The fourth-order valence-corrected chi connectivity index (χ4v) is 7.37. The first-order valence-electron chi connectivity index (χ1n) is 14.3. The van der Waals surface area contributed by atoms with Crippen LogP contribution in [0.2, 0.25) is 0 Å². The number of hydrogen-bond acceptors (Lipinski definition) is 0. The van der Waals surface area contributed by atoms with E-state index in [1.165, 1.54) is 77.9 Å². The van der Waals surface area contributed by atoms with E-state index in [9.17, 15) is 0 Å². The molecule has 2 aliphatic carbocycles. The summed E-state index contributed by atoms with van der Waals surface area (Å²) in [6.07, 6.45) is 0. The fraction of sp³-hybridized carbons (Fsp3) is 0.100. The Hall–Kier alpha value is -4.68.